The van der Waals surface area contributed by atoms with E-state index in [1.807, 2.05) is 43.7 Å². The summed E-state index contributed by atoms with van der Waals surface area (Å²) in [5, 5.41) is 14.2. The minimum atomic E-state index is -5.08. The number of nitrogens with zero attached hydrogens (tertiary/aromatic N) is 5. The Morgan fingerprint density at radius 2 is 1.55 bits per heavy atom. The van der Waals surface area contributed by atoms with Gasteiger partial charge in [-0.15, -0.1) is 0 Å². The van der Waals surface area contributed by atoms with Gasteiger partial charge in [0.25, 0.3) is 0 Å². The lowest BCUT2D eigenvalue weighted by Gasteiger charge is -2.37. The average molecular weight is 553 g/mol. The SMILES string of the molecule is Cc1cnc(N2CCN3C[C@H](OCc4ccccn4)C[C@H]3C2)nc1.O=C(O)C(F)(F)F.O=C(O)C(F)(F)F. The molecule has 0 spiro atoms. The van der Waals surface area contributed by atoms with Gasteiger partial charge in [0.1, 0.15) is 0 Å². The maximum atomic E-state index is 10.6. The fourth-order valence-corrected chi connectivity index (χ4v) is 3.53. The van der Waals surface area contributed by atoms with Crippen molar-refractivity contribution >= 4 is 17.9 Å². The third kappa shape index (κ3) is 10.1. The summed E-state index contributed by atoms with van der Waals surface area (Å²) in [4.78, 5) is 35.9. The fraction of sp³-hybridized carbons (Fsp3) is 0.500. The number of ether oxygens (including phenoxy) is 1. The molecule has 0 unspecified atom stereocenters. The predicted molar refractivity (Wildman–Crippen MR) is 119 cm³/mol. The number of hydrogen-bond acceptors (Lipinski definition) is 8. The van der Waals surface area contributed by atoms with E-state index in [1.165, 1.54) is 0 Å². The lowest BCUT2D eigenvalue weighted by molar-refractivity contribution is -0.193. The molecule has 0 aliphatic carbocycles. The summed E-state index contributed by atoms with van der Waals surface area (Å²) in [6, 6.07) is 6.47. The third-order valence-corrected chi connectivity index (χ3v) is 5.31. The first kappa shape index (κ1) is 30.7. The molecule has 2 atom stereocenters. The number of carboxylic acids is 2. The Labute approximate surface area is 212 Å². The van der Waals surface area contributed by atoms with E-state index >= 15 is 0 Å². The molecule has 2 aromatic heterocycles. The third-order valence-electron chi connectivity index (χ3n) is 5.31. The maximum absolute atomic E-state index is 10.6. The smallest absolute Gasteiger partial charge is 0.475 e. The Hall–Kier alpha value is -3.53. The van der Waals surface area contributed by atoms with Gasteiger partial charge in [0.15, 0.2) is 0 Å². The minimum absolute atomic E-state index is 0.288. The van der Waals surface area contributed by atoms with Gasteiger partial charge >= 0.3 is 24.3 Å². The number of pyridine rings is 1. The summed E-state index contributed by atoms with van der Waals surface area (Å²) in [6.07, 6.45) is -3.22. The van der Waals surface area contributed by atoms with Crippen molar-refractivity contribution in [2.24, 2.45) is 0 Å². The van der Waals surface area contributed by atoms with Crippen LogP contribution in [0.15, 0.2) is 36.8 Å². The van der Waals surface area contributed by atoms with E-state index in [0.29, 0.717) is 12.6 Å². The lowest BCUT2D eigenvalue weighted by atomic mass is 10.1. The number of carbonyl (C=O) groups is 2. The first-order valence-corrected chi connectivity index (χ1v) is 11.1. The van der Waals surface area contributed by atoms with Crippen LogP contribution in [0.1, 0.15) is 17.7 Å². The maximum Gasteiger partial charge on any atom is 0.490 e. The van der Waals surface area contributed by atoms with Crippen LogP contribution in [0, 0.1) is 6.92 Å². The lowest BCUT2D eigenvalue weighted by Crippen LogP contribution is -2.50. The molecule has 210 valence electrons. The van der Waals surface area contributed by atoms with Crippen molar-refractivity contribution < 1.29 is 50.9 Å². The van der Waals surface area contributed by atoms with Crippen LogP contribution in [0.5, 0.6) is 0 Å². The van der Waals surface area contributed by atoms with E-state index in [2.05, 4.69) is 24.8 Å². The number of alkyl halides is 6. The van der Waals surface area contributed by atoms with Crippen LogP contribution >= 0.6 is 0 Å². The molecule has 0 radical (unpaired) electrons. The summed E-state index contributed by atoms with van der Waals surface area (Å²) in [6.45, 7) is 6.63. The number of piperazine rings is 1. The predicted octanol–water partition coefficient (Wildman–Crippen LogP) is 2.93. The quantitative estimate of drug-likeness (QED) is 0.546. The summed E-state index contributed by atoms with van der Waals surface area (Å²) in [5.41, 5.74) is 2.10. The first-order chi connectivity index (χ1) is 17.7. The topological polar surface area (TPSA) is 129 Å². The Bertz CT molecular complexity index is 1020. The summed E-state index contributed by atoms with van der Waals surface area (Å²) in [5.74, 6) is -4.67. The van der Waals surface area contributed by atoms with E-state index in [1.54, 1.807) is 0 Å². The van der Waals surface area contributed by atoms with Crippen LogP contribution in [0.25, 0.3) is 0 Å². The van der Waals surface area contributed by atoms with Crippen LogP contribution in [0.4, 0.5) is 32.3 Å². The number of aromatic nitrogens is 3. The molecule has 2 N–H and O–H groups in total. The van der Waals surface area contributed by atoms with Crippen LogP contribution in [-0.4, -0.2) is 92.7 Å². The van der Waals surface area contributed by atoms with Crippen molar-refractivity contribution in [3.05, 3.63) is 48.0 Å². The van der Waals surface area contributed by atoms with Gasteiger partial charge in [0.2, 0.25) is 5.95 Å². The Morgan fingerprint density at radius 1 is 0.974 bits per heavy atom. The van der Waals surface area contributed by atoms with E-state index in [-0.39, 0.29) is 6.10 Å². The van der Waals surface area contributed by atoms with Gasteiger partial charge in [0, 0.05) is 50.8 Å². The number of carboxylic acid groups (broad SMARTS) is 2. The standard InChI is InChI=1S/C18H23N5O.2C2HF3O2/c1-14-9-20-18(21-10-14)23-7-6-22-12-17(8-16(22)11-23)24-13-15-4-2-3-5-19-15;2*3-2(4,5)1(6)7/h2-5,9-10,16-17H,6-8,11-13H2,1H3;2*(H,6,7)/t16-,17+;;/m0../s1. The molecule has 2 aromatic rings. The van der Waals surface area contributed by atoms with E-state index in [9.17, 15) is 26.3 Å². The molecule has 0 bridgehead atoms. The van der Waals surface area contributed by atoms with Crippen LogP contribution in [0.3, 0.4) is 0 Å². The highest BCUT2D eigenvalue weighted by Gasteiger charge is 2.39. The van der Waals surface area contributed by atoms with Crippen molar-refractivity contribution in [1.82, 2.24) is 19.9 Å². The molecule has 2 aliphatic heterocycles. The van der Waals surface area contributed by atoms with E-state index in [4.69, 9.17) is 24.5 Å². The molecule has 0 aromatic carbocycles. The summed E-state index contributed by atoms with van der Waals surface area (Å²) < 4.78 is 69.6. The second-order valence-corrected chi connectivity index (χ2v) is 8.25. The molecule has 2 fully saturated rings. The molecule has 10 nitrogen and oxygen atoms in total. The number of rotatable bonds is 4. The molecular weight excluding hydrogens is 528 g/mol. The fourth-order valence-electron chi connectivity index (χ4n) is 3.53. The van der Waals surface area contributed by atoms with Crippen LogP contribution in [0.2, 0.25) is 0 Å². The normalized spacial score (nSPS) is 19.4. The highest BCUT2D eigenvalue weighted by Crippen LogP contribution is 2.26. The van der Waals surface area contributed by atoms with Gasteiger partial charge in [-0.05, 0) is 31.0 Å². The van der Waals surface area contributed by atoms with Crippen molar-refractivity contribution in [3.8, 4) is 0 Å². The van der Waals surface area contributed by atoms with Gasteiger partial charge in [-0.1, -0.05) is 6.07 Å². The number of hydrogen-bond donors (Lipinski definition) is 2. The zero-order valence-electron chi connectivity index (χ0n) is 20.0. The van der Waals surface area contributed by atoms with E-state index in [0.717, 1.165) is 49.8 Å². The second kappa shape index (κ2) is 13.3. The molecule has 2 aliphatic rings. The van der Waals surface area contributed by atoms with Crippen molar-refractivity contribution in [2.75, 3.05) is 31.1 Å². The number of aryl methyl sites for hydroxylation is 1. The number of halogens is 6. The highest BCUT2D eigenvalue weighted by atomic mass is 19.4. The van der Waals surface area contributed by atoms with Gasteiger partial charge in [0.05, 0.1) is 18.4 Å². The largest absolute Gasteiger partial charge is 0.490 e. The molecule has 16 heteroatoms. The molecule has 0 saturated carbocycles. The Balaban J connectivity index is 0.000000301. The van der Waals surface area contributed by atoms with Crippen molar-refractivity contribution in [3.63, 3.8) is 0 Å². The minimum Gasteiger partial charge on any atom is -0.475 e. The Kier molecular flexibility index (Phi) is 10.8. The number of anilines is 1. The highest BCUT2D eigenvalue weighted by molar-refractivity contribution is 5.73. The van der Waals surface area contributed by atoms with Gasteiger partial charge < -0.3 is 19.8 Å². The molecule has 4 rings (SSSR count). The summed E-state index contributed by atoms with van der Waals surface area (Å²) in [7, 11) is 0. The van der Waals surface area contributed by atoms with Gasteiger partial charge in [-0.25, -0.2) is 19.6 Å². The van der Waals surface area contributed by atoms with Crippen molar-refractivity contribution in [1.29, 1.82) is 0 Å². The molecular formula is C22H25F6N5O5. The van der Waals surface area contributed by atoms with Gasteiger partial charge in [-0.2, -0.15) is 26.3 Å². The zero-order chi connectivity index (χ0) is 28.5. The molecule has 38 heavy (non-hydrogen) atoms. The molecule has 4 heterocycles. The number of aliphatic carboxylic acids is 2. The summed E-state index contributed by atoms with van der Waals surface area (Å²) >= 11 is 0. The average Bonchev–Trinajstić information content (AvgIpc) is 3.26. The van der Waals surface area contributed by atoms with Crippen LogP contribution in [-0.2, 0) is 20.9 Å². The molecule has 2 saturated heterocycles. The molecule has 0 amide bonds. The zero-order valence-corrected chi connectivity index (χ0v) is 20.0. The van der Waals surface area contributed by atoms with Crippen LogP contribution < -0.4 is 4.90 Å². The van der Waals surface area contributed by atoms with E-state index < -0.39 is 24.3 Å². The van der Waals surface area contributed by atoms with Crippen molar-refractivity contribution in [2.45, 2.75) is 44.4 Å². The second-order valence-electron chi connectivity index (χ2n) is 8.25. The first-order valence-electron chi connectivity index (χ1n) is 11.1. The van der Waals surface area contributed by atoms with Gasteiger partial charge in [-0.3, -0.25) is 9.88 Å². The Morgan fingerprint density at radius 3 is 2.05 bits per heavy atom. The monoisotopic (exact) mass is 553 g/mol. The number of fused-ring (bicyclic) bond motifs is 1.